The number of imide groups is 1. The lowest BCUT2D eigenvalue weighted by atomic mass is 9.80. The summed E-state index contributed by atoms with van der Waals surface area (Å²) >= 11 is 0. The van der Waals surface area contributed by atoms with E-state index in [1.165, 1.54) is 0 Å². The van der Waals surface area contributed by atoms with E-state index in [9.17, 15) is 9.59 Å². The third kappa shape index (κ3) is 1.03. The molecular formula is C15H9NO2. The molecule has 1 aliphatic heterocycles. The minimum Gasteiger partial charge on any atom is -0.291 e. The van der Waals surface area contributed by atoms with E-state index in [0.717, 1.165) is 21.9 Å². The smallest absolute Gasteiger partial charge is 0.258 e. The summed E-state index contributed by atoms with van der Waals surface area (Å²) in [6.07, 6.45) is 3.82. The largest absolute Gasteiger partial charge is 0.291 e. The van der Waals surface area contributed by atoms with E-state index in [0.29, 0.717) is 5.56 Å². The van der Waals surface area contributed by atoms with E-state index in [-0.39, 0.29) is 17.7 Å². The lowest BCUT2D eigenvalue weighted by molar-refractivity contribution is -0.120. The molecule has 2 aliphatic rings. The van der Waals surface area contributed by atoms with Gasteiger partial charge in [-0.15, -0.1) is 0 Å². The monoisotopic (exact) mass is 235 g/mol. The molecule has 0 radical (unpaired) electrons. The minimum absolute atomic E-state index is 0.231. The van der Waals surface area contributed by atoms with E-state index in [1.807, 2.05) is 36.4 Å². The summed E-state index contributed by atoms with van der Waals surface area (Å²) in [6.45, 7) is 0. The number of carbonyl (C=O) groups excluding carboxylic acids is 2. The molecule has 1 aliphatic carbocycles. The Bertz CT molecular complexity index is 758. The number of hydrogen-bond donors (Lipinski definition) is 1. The van der Waals surface area contributed by atoms with Crippen LogP contribution in [-0.2, 0) is 4.79 Å². The molecule has 3 nitrogen and oxygen atoms in total. The summed E-state index contributed by atoms with van der Waals surface area (Å²) in [6, 6.07) is 9.73. The van der Waals surface area contributed by atoms with Crippen LogP contribution in [0.3, 0.4) is 0 Å². The summed E-state index contributed by atoms with van der Waals surface area (Å²) < 4.78 is 0. The van der Waals surface area contributed by atoms with E-state index in [4.69, 9.17) is 0 Å². The number of amides is 2. The SMILES string of the molecule is O=C1NC(=O)C2C=Cc3cccc4ccc1c2c34. The number of rotatable bonds is 0. The molecule has 3 heteroatoms. The Morgan fingerprint density at radius 3 is 2.83 bits per heavy atom. The first-order valence-electron chi connectivity index (χ1n) is 5.85. The molecule has 1 unspecified atom stereocenters. The average Bonchev–Trinajstić information content (AvgIpc) is 2.38. The van der Waals surface area contributed by atoms with Crippen LogP contribution in [0.4, 0.5) is 0 Å². The van der Waals surface area contributed by atoms with Gasteiger partial charge >= 0.3 is 0 Å². The molecular weight excluding hydrogens is 226 g/mol. The topological polar surface area (TPSA) is 46.2 Å². The Labute approximate surface area is 103 Å². The van der Waals surface area contributed by atoms with Crippen LogP contribution < -0.4 is 5.32 Å². The van der Waals surface area contributed by atoms with Crippen LogP contribution in [0.15, 0.2) is 36.4 Å². The summed E-state index contributed by atoms with van der Waals surface area (Å²) in [5.41, 5.74) is 2.55. The number of nitrogens with one attached hydrogen (secondary N) is 1. The lowest BCUT2D eigenvalue weighted by Crippen LogP contribution is -2.40. The van der Waals surface area contributed by atoms with E-state index >= 15 is 0 Å². The first-order valence-corrected chi connectivity index (χ1v) is 5.85. The fraction of sp³-hybridized carbons (Fsp3) is 0.0667. The van der Waals surface area contributed by atoms with Gasteiger partial charge in [-0.2, -0.15) is 0 Å². The minimum atomic E-state index is -0.337. The van der Waals surface area contributed by atoms with E-state index in [2.05, 4.69) is 5.32 Å². The summed E-state index contributed by atoms with van der Waals surface area (Å²) in [5.74, 6) is -0.861. The molecule has 2 aromatic rings. The zero-order valence-electron chi connectivity index (χ0n) is 9.44. The molecule has 4 rings (SSSR count). The number of benzene rings is 2. The molecule has 1 N–H and O–H groups in total. The van der Waals surface area contributed by atoms with Crippen LogP contribution in [0.2, 0.25) is 0 Å². The third-order valence-corrected chi connectivity index (χ3v) is 3.66. The maximum absolute atomic E-state index is 11.9. The van der Waals surface area contributed by atoms with Crippen LogP contribution in [0.1, 0.15) is 27.4 Å². The summed E-state index contributed by atoms with van der Waals surface area (Å²) in [7, 11) is 0. The third-order valence-electron chi connectivity index (χ3n) is 3.66. The van der Waals surface area contributed by atoms with Gasteiger partial charge < -0.3 is 0 Å². The highest BCUT2D eigenvalue weighted by atomic mass is 16.2. The molecule has 0 fully saturated rings. The van der Waals surface area contributed by atoms with Crippen LogP contribution in [0.5, 0.6) is 0 Å². The Morgan fingerprint density at radius 2 is 1.94 bits per heavy atom. The van der Waals surface area contributed by atoms with Crippen LogP contribution in [0, 0.1) is 0 Å². The van der Waals surface area contributed by atoms with Gasteiger partial charge in [0, 0.05) is 5.56 Å². The Morgan fingerprint density at radius 1 is 1.06 bits per heavy atom. The molecule has 0 aromatic heterocycles. The fourth-order valence-electron chi connectivity index (χ4n) is 2.87. The summed E-state index contributed by atoms with van der Waals surface area (Å²) in [5, 5.41) is 4.51. The molecule has 0 spiro atoms. The maximum Gasteiger partial charge on any atom is 0.258 e. The zero-order chi connectivity index (χ0) is 12.3. The second-order valence-corrected chi connectivity index (χ2v) is 4.63. The highest BCUT2D eigenvalue weighted by molar-refractivity contribution is 6.17. The molecule has 1 heterocycles. The van der Waals surface area contributed by atoms with E-state index < -0.39 is 0 Å². The maximum atomic E-state index is 11.9. The van der Waals surface area contributed by atoms with Crippen LogP contribution in [0.25, 0.3) is 16.8 Å². The van der Waals surface area contributed by atoms with Gasteiger partial charge in [0.15, 0.2) is 0 Å². The first kappa shape index (κ1) is 9.59. The normalized spacial score (nSPS) is 20.1. The van der Waals surface area contributed by atoms with Gasteiger partial charge in [0.05, 0.1) is 5.92 Å². The Hall–Kier alpha value is -2.42. The molecule has 0 saturated carbocycles. The predicted molar refractivity (Wildman–Crippen MR) is 68.2 cm³/mol. The van der Waals surface area contributed by atoms with Crippen LogP contribution in [-0.4, -0.2) is 11.8 Å². The van der Waals surface area contributed by atoms with Gasteiger partial charge in [-0.1, -0.05) is 36.4 Å². The quantitative estimate of drug-likeness (QED) is 0.712. The second kappa shape index (κ2) is 3.07. The predicted octanol–water partition coefficient (Wildman–Crippen LogP) is 2.22. The lowest BCUT2D eigenvalue weighted by Gasteiger charge is -2.27. The molecule has 2 aromatic carbocycles. The van der Waals surface area contributed by atoms with Crippen molar-refractivity contribution in [2.45, 2.75) is 5.92 Å². The van der Waals surface area contributed by atoms with Gasteiger partial charge in [0.2, 0.25) is 5.91 Å². The van der Waals surface area contributed by atoms with Crippen molar-refractivity contribution in [2.24, 2.45) is 0 Å². The molecule has 86 valence electrons. The van der Waals surface area contributed by atoms with Crippen molar-refractivity contribution in [3.63, 3.8) is 0 Å². The van der Waals surface area contributed by atoms with Crippen molar-refractivity contribution in [3.8, 4) is 0 Å². The van der Waals surface area contributed by atoms with Crippen molar-refractivity contribution in [3.05, 3.63) is 53.1 Å². The van der Waals surface area contributed by atoms with Gasteiger partial charge in [-0.05, 0) is 28.0 Å². The van der Waals surface area contributed by atoms with Crippen molar-refractivity contribution in [1.82, 2.24) is 5.32 Å². The molecule has 0 saturated heterocycles. The average molecular weight is 235 g/mol. The van der Waals surface area contributed by atoms with Crippen molar-refractivity contribution in [1.29, 1.82) is 0 Å². The van der Waals surface area contributed by atoms with Crippen molar-refractivity contribution < 1.29 is 9.59 Å². The standard InChI is InChI=1S/C15H9NO2/c17-14-10-6-4-8-2-1-3-9-5-7-11(15(18)16-14)13(10)12(8)9/h1-7,10H,(H,16,17,18). The molecule has 1 atom stereocenters. The molecule has 2 amide bonds. The number of carbonyl (C=O) groups is 2. The van der Waals surface area contributed by atoms with Gasteiger partial charge in [-0.3, -0.25) is 14.9 Å². The summed E-state index contributed by atoms with van der Waals surface area (Å²) in [4.78, 5) is 23.8. The van der Waals surface area contributed by atoms with Crippen LogP contribution >= 0.6 is 0 Å². The van der Waals surface area contributed by atoms with Crippen molar-refractivity contribution in [2.75, 3.05) is 0 Å². The first-order chi connectivity index (χ1) is 8.75. The molecule has 0 bridgehead atoms. The van der Waals surface area contributed by atoms with Gasteiger partial charge in [0.1, 0.15) is 0 Å². The fourth-order valence-corrected chi connectivity index (χ4v) is 2.87. The Balaban J connectivity index is 2.23. The van der Waals surface area contributed by atoms with Crippen molar-refractivity contribution >= 4 is 28.7 Å². The van der Waals surface area contributed by atoms with Gasteiger partial charge in [0.25, 0.3) is 5.91 Å². The highest BCUT2D eigenvalue weighted by Gasteiger charge is 2.34. The van der Waals surface area contributed by atoms with Gasteiger partial charge in [-0.25, -0.2) is 0 Å². The van der Waals surface area contributed by atoms with E-state index in [1.54, 1.807) is 6.07 Å². The molecule has 18 heavy (non-hydrogen) atoms. The second-order valence-electron chi connectivity index (χ2n) is 4.63. The number of hydrogen-bond acceptors (Lipinski definition) is 2. The zero-order valence-corrected chi connectivity index (χ0v) is 9.44. The highest BCUT2D eigenvalue weighted by Crippen LogP contribution is 2.38. The Kier molecular flexibility index (Phi) is 1.64.